The van der Waals surface area contributed by atoms with Gasteiger partial charge >= 0.3 is 0 Å². The minimum Gasteiger partial charge on any atom is -0.310 e. The first-order chi connectivity index (χ1) is 18.8. The van der Waals surface area contributed by atoms with Crippen molar-refractivity contribution in [3.05, 3.63) is 146 Å². The highest BCUT2D eigenvalue weighted by Crippen LogP contribution is 2.40. The zero-order valence-corrected chi connectivity index (χ0v) is 21.5. The number of benzene rings is 5. The molecule has 38 heavy (non-hydrogen) atoms. The Balaban J connectivity index is 1.27. The van der Waals surface area contributed by atoms with Crippen molar-refractivity contribution in [3.63, 3.8) is 0 Å². The lowest BCUT2D eigenvalue weighted by atomic mass is 10.00. The van der Waals surface area contributed by atoms with Crippen molar-refractivity contribution in [2.45, 2.75) is 0 Å². The fourth-order valence-electron chi connectivity index (χ4n) is 5.07. The van der Waals surface area contributed by atoms with Crippen molar-refractivity contribution >= 4 is 48.6 Å². The summed E-state index contributed by atoms with van der Waals surface area (Å²) in [6, 6.07) is 47.6. The molecule has 2 heterocycles. The molecule has 0 aliphatic carbocycles. The van der Waals surface area contributed by atoms with Crippen LogP contribution in [-0.2, 0) is 0 Å². The molecule has 0 spiro atoms. The molecular formula is C35H24N2S. The summed E-state index contributed by atoms with van der Waals surface area (Å²) in [7, 11) is 0. The van der Waals surface area contributed by atoms with E-state index in [1.807, 2.05) is 12.4 Å². The lowest BCUT2D eigenvalue weighted by molar-refractivity contribution is 1.29. The van der Waals surface area contributed by atoms with Gasteiger partial charge in [0.15, 0.2) is 0 Å². The quantitative estimate of drug-likeness (QED) is 0.232. The minimum absolute atomic E-state index is 1.13. The van der Waals surface area contributed by atoms with E-state index in [1.54, 1.807) is 11.3 Å². The predicted octanol–water partition coefficient (Wildman–Crippen LogP) is 10.3. The van der Waals surface area contributed by atoms with Crippen LogP contribution in [-0.4, -0.2) is 4.98 Å². The van der Waals surface area contributed by atoms with Crippen LogP contribution < -0.4 is 4.90 Å². The fourth-order valence-corrected chi connectivity index (χ4v) is 6.13. The van der Waals surface area contributed by atoms with Gasteiger partial charge < -0.3 is 4.90 Å². The maximum Gasteiger partial charge on any atom is 0.0538 e. The fraction of sp³-hybridized carbons (Fsp3) is 0. The Kier molecular flexibility index (Phi) is 5.69. The average molecular weight is 505 g/mol. The van der Waals surface area contributed by atoms with E-state index in [4.69, 9.17) is 0 Å². The molecule has 0 N–H and O–H groups in total. The van der Waals surface area contributed by atoms with Gasteiger partial charge in [-0.05, 0) is 70.8 Å². The number of thiophene rings is 1. The van der Waals surface area contributed by atoms with Crippen molar-refractivity contribution in [2.75, 3.05) is 4.90 Å². The first-order valence-electron chi connectivity index (χ1n) is 12.7. The molecule has 2 nitrogen and oxygen atoms in total. The van der Waals surface area contributed by atoms with E-state index < -0.39 is 0 Å². The Labute approximate surface area is 226 Å². The van der Waals surface area contributed by atoms with Crippen molar-refractivity contribution in [2.24, 2.45) is 0 Å². The molecule has 0 fully saturated rings. The standard InChI is InChI=1S/C35H24N2S/c1-3-7-25(8-4-1)26-11-13-27(14-12-26)28-15-17-30(18-16-28)37(29-9-5-2-6-10-29)31-19-20-34-33(23-31)32-21-22-36-24-35(32)38-34/h1-24H. The van der Waals surface area contributed by atoms with Gasteiger partial charge in [-0.2, -0.15) is 0 Å². The molecule has 0 saturated heterocycles. The van der Waals surface area contributed by atoms with Gasteiger partial charge in [-0.3, -0.25) is 4.98 Å². The lowest BCUT2D eigenvalue weighted by Crippen LogP contribution is -2.09. The smallest absolute Gasteiger partial charge is 0.0538 e. The summed E-state index contributed by atoms with van der Waals surface area (Å²) in [6.07, 6.45) is 3.83. The molecule has 0 amide bonds. The lowest BCUT2D eigenvalue weighted by Gasteiger charge is -2.26. The number of nitrogens with zero attached hydrogens (tertiary/aromatic N) is 2. The maximum atomic E-state index is 4.31. The molecule has 2 aromatic heterocycles. The number of rotatable bonds is 5. The van der Waals surface area contributed by atoms with Crippen molar-refractivity contribution < 1.29 is 0 Å². The van der Waals surface area contributed by atoms with E-state index in [-0.39, 0.29) is 0 Å². The van der Waals surface area contributed by atoms with Crippen LogP contribution in [0.3, 0.4) is 0 Å². The number of hydrogen-bond donors (Lipinski definition) is 0. The monoisotopic (exact) mass is 504 g/mol. The molecular weight excluding hydrogens is 480 g/mol. The van der Waals surface area contributed by atoms with E-state index >= 15 is 0 Å². The van der Waals surface area contributed by atoms with Gasteiger partial charge in [0.05, 0.1) is 4.70 Å². The second-order valence-corrected chi connectivity index (χ2v) is 10.4. The third kappa shape index (κ3) is 4.13. The first kappa shape index (κ1) is 22.5. The third-order valence-electron chi connectivity index (χ3n) is 6.98. The summed E-state index contributed by atoms with van der Waals surface area (Å²) in [5.74, 6) is 0. The molecule has 0 radical (unpaired) electrons. The number of anilines is 3. The minimum atomic E-state index is 1.13. The molecule has 7 aromatic rings. The largest absolute Gasteiger partial charge is 0.310 e. The molecule has 0 unspecified atom stereocenters. The van der Waals surface area contributed by atoms with Gasteiger partial charge in [-0.25, -0.2) is 0 Å². The molecule has 5 aromatic carbocycles. The number of pyridine rings is 1. The van der Waals surface area contributed by atoms with E-state index in [2.05, 4.69) is 143 Å². The van der Waals surface area contributed by atoms with Crippen LogP contribution in [0.2, 0.25) is 0 Å². The number of fused-ring (bicyclic) bond motifs is 3. The molecule has 3 heteroatoms. The van der Waals surface area contributed by atoms with Crippen LogP contribution >= 0.6 is 11.3 Å². The Bertz CT molecular complexity index is 1840. The van der Waals surface area contributed by atoms with E-state index in [9.17, 15) is 0 Å². The summed E-state index contributed by atoms with van der Waals surface area (Å²) in [5, 5.41) is 2.52. The molecule has 0 atom stereocenters. The zero-order chi connectivity index (χ0) is 25.3. The normalized spacial score (nSPS) is 11.2. The van der Waals surface area contributed by atoms with E-state index in [0.29, 0.717) is 0 Å². The van der Waals surface area contributed by atoms with Crippen LogP contribution in [0.15, 0.2) is 146 Å². The van der Waals surface area contributed by atoms with Gasteiger partial charge in [0.1, 0.15) is 0 Å². The van der Waals surface area contributed by atoms with Crippen molar-refractivity contribution in [1.29, 1.82) is 0 Å². The molecule has 7 rings (SSSR count). The Morgan fingerprint density at radius 3 is 1.68 bits per heavy atom. The van der Waals surface area contributed by atoms with Crippen LogP contribution in [0.25, 0.3) is 42.4 Å². The molecule has 0 bridgehead atoms. The molecule has 0 aliphatic rings. The topological polar surface area (TPSA) is 16.1 Å². The van der Waals surface area contributed by atoms with E-state index in [0.717, 1.165) is 17.1 Å². The zero-order valence-electron chi connectivity index (χ0n) is 20.7. The highest BCUT2D eigenvalue weighted by Gasteiger charge is 2.15. The Hall–Kier alpha value is -4.73. The SMILES string of the molecule is c1ccc(-c2ccc(-c3ccc(N(c4ccccc4)c4ccc5sc6cnccc6c5c4)cc3)cc2)cc1. The van der Waals surface area contributed by atoms with Crippen LogP contribution in [0.1, 0.15) is 0 Å². The predicted molar refractivity (Wildman–Crippen MR) is 163 cm³/mol. The summed E-state index contributed by atoms with van der Waals surface area (Å²) >= 11 is 1.79. The van der Waals surface area contributed by atoms with Gasteiger partial charge in [0, 0.05) is 44.9 Å². The Morgan fingerprint density at radius 2 is 1.00 bits per heavy atom. The second kappa shape index (κ2) is 9.62. The summed E-state index contributed by atoms with van der Waals surface area (Å²) in [4.78, 5) is 6.64. The highest BCUT2D eigenvalue weighted by molar-refractivity contribution is 7.25. The van der Waals surface area contributed by atoms with Gasteiger partial charge in [0.2, 0.25) is 0 Å². The summed E-state index contributed by atoms with van der Waals surface area (Å²) < 4.78 is 2.49. The average Bonchev–Trinajstić information content (AvgIpc) is 3.37. The number of para-hydroxylation sites is 1. The second-order valence-electron chi connectivity index (χ2n) is 9.32. The Morgan fingerprint density at radius 1 is 0.447 bits per heavy atom. The van der Waals surface area contributed by atoms with Crippen molar-refractivity contribution in [1.82, 2.24) is 4.98 Å². The maximum absolute atomic E-state index is 4.31. The first-order valence-corrected chi connectivity index (χ1v) is 13.5. The number of aromatic nitrogens is 1. The summed E-state index contributed by atoms with van der Waals surface area (Å²) in [6.45, 7) is 0. The van der Waals surface area contributed by atoms with Crippen LogP contribution in [0, 0.1) is 0 Å². The third-order valence-corrected chi connectivity index (χ3v) is 8.10. The summed E-state index contributed by atoms with van der Waals surface area (Å²) in [5.41, 5.74) is 8.28. The van der Waals surface area contributed by atoms with Crippen LogP contribution in [0.5, 0.6) is 0 Å². The number of hydrogen-bond acceptors (Lipinski definition) is 3. The molecule has 180 valence electrons. The van der Waals surface area contributed by atoms with Crippen molar-refractivity contribution in [3.8, 4) is 22.3 Å². The van der Waals surface area contributed by atoms with Gasteiger partial charge in [-0.15, -0.1) is 11.3 Å². The van der Waals surface area contributed by atoms with E-state index in [1.165, 1.54) is 42.4 Å². The van der Waals surface area contributed by atoms with Crippen LogP contribution in [0.4, 0.5) is 17.1 Å². The van der Waals surface area contributed by atoms with Gasteiger partial charge in [-0.1, -0.05) is 84.9 Å². The molecule has 0 saturated carbocycles. The molecule has 0 aliphatic heterocycles. The van der Waals surface area contributed by atoms with Gasteiger partial charge in [0.25, 0.3) is 0 Å². The highest BCUT2D eigenvalue weighted by atomic mass is 32.1.